The van der Waals surface area contributed by atoms with E-state index in [9.17, 15) is 8.78 Å². The minimum atomic E-state index is -0.947. The number of benzene rings is 1. The van der Waals surface area contributed by atoms with Gasteiger partial charge in [-0.25, -0.2) is 18.7 Å². The maximum atomic E-state index is 13.0. The number of rotatable bonds is 3. The molecule has 19 heavy (non-hydrogen) atoms. The third-order valence-corrected chi connectivity index (χ3v) is 2.97. The lowest BCUT2D eigenvalue weighted by atomic mass is 10.3. The Labute approximate surface area is 111 Å². The Morgan fingerprint density at radius 1 is 1.26 bits per heavy atom. The molecule has 0 fully saturated rings. The smallest absolute Gasteiger partial charge is 0.193 e. The topological polar surface area (TPSA) is 84.4 Å². The highest BCUT2D eigenvalue weighted by atomic mass is 32.2. The van der Waals surface area contributed by atoms with E-state index in [0.717, 1.165) is 23.9 Å². The zero-order valence-corrected chi connectivity index (χ0v) is 10.2. The fraction of sp³-hybridized carbons (Fsp3) is 0. The molecule has 3 N–H and O–H groups in total. The standard InChI is InChI=1S/C11H8F2N4OS/c12-7-2-1-6(5-8(7)13)19-11-15-4-3-9(16-11)10(14)17-18/h1-5,18H,(H2,14,17). The summed E-state index contributed by atoms with van der Waals surface area (Å²) in [5, 5.41) is 11.6. The molecule has 0 aliphatic heterocycles. The normalized spacial score (nSPS) is 11.6. The van der Waals surface area contributed by atoms with E-state index in [4.69, 9.17) is 10.9 Å². The molecule has 0 saturated heterocycles. The molecule has 2 aromatic rings. The molecule has 0 radical (unpaired) electrons. The summed E-state index contributed by atoms with van der Waals surface area (Å²) in [6.07, 6.45) is 1.42. The summed E-state index contributed by atoms with van der Waals surface area (Å²) in [4.78, 5) is 8.40. The van der Waals surface area contributed by atoms with Crippen LogP contribution in [-0.2, 0) is 0 Å². The van der Waals surface area contributed by atoms with Gasteiger partial charge >= 0.3 is 0 Å². The van der Waals surface area contributed by atoms with Crippen LogP contribution in [0.25, 0.3) is 0 Å². The molecule has 0 saturated carbocycles. The first-order valence-electron chi connectivity index (χ1n) is 5.04. The molecule has 1 heterocycles. The Balaban J connectivity index is 2.26. The lowest BCUT2D eigenvalue weighted by Crippen LogP contribution is -2.15. The van der Waals surface area contributed by atoms with Crippen molar-refractivity contribution >= 4 is 17.6 Å². The fourth-order valence-electron chi connectivity index (χ4n) is 1.23. The van der Waals surface area contributed by atoms with Crippen molar-refractivity contribution in [3.8, 4) is 0 Å². The van der Waals surface area contributed by atoms with E-state index in [0.29, 0.717) is 4.90 Å². The second-order valence-electron chi connectivity index (χ2n) is 3.39. The van der Waals surface area contributed by atoms with Crippen LogP contribution in [0.1, 0.15) is 5.69 Å². The van der Waals surface area contributed by atoms with Crippen molar-refractivity contribution < 1.29 is 14.0 Å². The van der Waals surface area contributed by atoms with Gasteiger partial charge in [-0.15, -0.1) is 0 Å². The summed E-state index contributed by atoms with van der Waals surface area (Å²) < 4.78 is 25.8. The van der Waals surface area contributed by atoms with Crippen LogP contribution in [0.3, 0.4) is 0 Å². The predicted octanol–water partition coefficient (Wildman–Crippen LogP) is 2.00. The highest BCUT2D eigenvalue weighted by Gasteiger charge is 2.08. The number of hydrogen-bond acceptors (Lipinski definition) is 5. The summed E-state index contributed by atoms with van der Waals surface area (Å²) in [7, 11) is 0. The predicted molar refractivity (Wildman–Crippen MR) is 65.0 cm³/mol. The van der Waals surface area contributed by atoms with Gasteiger partial charge < -0.3 is 10.9 Å². The number of halogens is 2. The zero-order chi connectivity index (χ0) is 13.8. The van der Waals surface area contributed by atoms with Crippen LogP contribution in [0.15, 0.2) is 45.7 Å². The van der Waals surface area contributed by atoms with Crippen LogP contribution >= 0.6 is 11.8 Å². The van der Waals surface area contributed by atoms with Gasteiger partial charge in [0, 0.05) is 11.1 Å². The van der Waals surface area contributed by atoms with E-state index in [-0.39, 0.29) is 16.7 Å². The van der Waals surface area contributed by atoms with Gasteiger partial charge in [0.2, 0.25) is 0 Å². The molecule has 0 amide bonds. The van der Waals surface area contributed by atoms with E-state index in [1.807, 2.05) is 0 Å². The summed E-state index contributed by atoms with van der Waals surface area (Å²) >= 11 is 1.03. The first-order chi connectivity index (χ1) is 9.10. The third kappa shape index (κ3) is 3.16. The van der Waals surface area contributed by atoms with Crippen molar-refractivity contribution in [1.82, 2.24) is 9.97 Å². The van der Waals surface area contributed by atoms with E-state index >= 15 is 0 Å². The van der Waals surface area contributed by atoms with Crippen molar-refractivity contribution in [3.63, 3.8) is 0 Å². The summed E-state index contributed by atoms with van der Waals surface area (Å²) in [5.74, 6) is -2.03. The molecule has 0 unspecified atom stereocenters. The number of oxime groups is 1. The molecule has 5 nitrogen and oxygen atoms in total. The minimum absolute atomic E-state index is 0.158. The van der Waals surface area contributed by atoms with Crippen LogP contribution in [0.5, 0.6) is 0 Å². The number of hydrogen-bond donors (Lipinski definition) is 2. The van der Waals surface area contributed by atoms with Crippen LogP contribution in [0.4, 0.5) is 8.78 Å². The highest BCUT2D eigenvalue weighted by Crippen LogP contribution is 2.25. The summed E-state index contributed by atoms with van der Waals surface area (Å²) in [6.45, 7) is 0. The Morgan fingerprint density at radius 2 is 2.05 bits per heavy atom. The number of nitrogens with zero attached hydrogens (tertiary/aromatic N) is 3. The average Bonchev–Trinajstić information content (AvgIpc) is 2.42. The van der Waals surface area contributed by atoms with Gasteiger partial charge in [-0.2, -0.15) is 0 Å². The Hall–Kier alpha value is -2.22. The van der Waals surface area contributed by atoms with Gasteiger partial charge in [0.1, 0.15) is 5.69 Å². The quantitative estimate of drug-likeness (QED) is 0.296. The molecule has 0 aliphatic carbocycles. The maximum absolute atomic E-state index is 13.0. The van der Waals surface area contributed by atoms with Gasteiger partial charge in [0.25, 0.3) is 0 Å². The first kappa shape index (κ1) is 13.2. The van der Waals surface area contributed by atoms with Crippen molar-refractivity contribution in [2.75, 3.05) is 0 Å². The molecule has 0 atom stereocenters. The van der Waals surface area contributed by atoms with Crippen molar-refractivity contribution in [2.45, 2.75) is 10.1 Å². The monoisotopic (exact) mass is 282 g/mol. The summed E-state index contributed by atoms with van der Waals surface area (Å²) in [5.41, 5.74) is 5.63. The van der Waals surface area contributed by atoms with E-state index in [1.54, 1.807) is 0 Å². The van der Waals surface area contributed by atoms with Crippen molar-refractivity contribution in [3.05, 3.63) is 47.8 Å². The molecule has 2 rings (SSSR count). The number of nitrogens with two attached hydrogens (primary N) is 1. The molecule has 8 heteroatoms. The van der Waals surface area contributed by atoms with Crippen molar-refractivity contribution in [1.29, 1.82) is 0 Å². The van der Waals surface area contributed by atoms with Crippen LogP contribution in [-0.4, -0.2) is 21.0 Å². The molecule has 1 aromatic heterocycles. The summed E-state index contributed by atoms with van der Waals surface area (Å²) in [6, 6.07) is 4.93. The molecular formula is C11H8F2N4OS. The SMILES string of the molecule is N/C(=N/O)c1ccnc(Sc2ccc(F)c(F)c2)n1. The largest absolute Gasteiger partial charge is 0.409 e. The van der Waals surface area contributed by atoms with Crippen LogP contribution in [0.2, 0.25) is 0 Å². The van der Waals surface area contributed by atoms with Crippen molar-refractivity contribution in [2.24, 2.45) is 10.9 Å². The lowest BCUT2D eigenvalue weighted by Gasteiger charge is -2.02. The second kappa shape index (κ2) is 5.61. The molecule has 98 valence electrons. The van der Waals surface area contributed by atoms with Gasteiger partial charge in [-0.1, -0.05) is 5.16 Å². The molecular weight excluding hydrogens is 274 g/mol. The molecule has 0 spiro atoms. The third-order valence-electron chi connectivity index (χ3n) is 2.10. The average molecular weight is 282 g/mol. The Bertz CT molecular complexity index is 636. The van der Waals surface area contributed by atoms with Gasteiger partial charge in [0.05, 0.1) is 0 Å². The van der Waals surface area contributed by atoms with Gasteiger partial charge in [-0.3, -0.25) is 0 Å². The van der Waals surface area contributed by atoms with E-state index in [1.165, 1.54) is 18.3 Å². The fourth-order valence-corrected chi connectivity index (χ4v) is 2.00. The van der Waals surface area contributed by atoms with E-state index < -0.39 is 11.6 Å². The maximum Gasteiger partial charge on any atom is 0.193 e. The van der Waals surface area contributed by atoms with Gasteiger partial charge in [0.15, 0.2) is 22.6 Å². The molecule has 0 bridgehead atoms. The van der Waals surface area contributed by atoms with Crippen LogP contribution in [0, 0.1) is 11.6 Å². The second-order valence-corrected chi connectivity index (χ2v) is 4.43. The lowest BCUT2D eigenvalue weighted by molar-refractivity contribution is 0.318. The van der Waals surface area contributed by atoms with Gasteiger partial charge in [-0.05, 0) is 36.0 Å². The number of aromatic nitrogens is 2. The Kier molecular flexibility index (Phi) is 3.91. The minimum Gasteiger partial charge on any atom is -0.409 e. The highest BCUT2D eigenvalue weighted by molar-refractivity contribution is 7.99. The first-order valence-corrected chi connectivity index (χ1v) is 5.85. The number of amidine groups is 1. The van der Waals surface area contributed by atoms with E-state index in [2.05, 4.69) is 15.1 Å². The zero-order valence-electron chi connectivity index (χ0n) is 9.42. The Morgan fingerprint density at radius 3 is 2.74 bits per heavy atom. The van der Waals surface area contributed by atoms with Crippen LogP contribution < -0.4 is 5.73 Å². The molecule has 1 aromatic carbocycles. The molecule has 0 aliphatic rings.